The van der Waals surface area contributed by atoms with Crippen LogP contribution in [0.1, 0.15) is 46.0 Å². The lowest BCUT2D eigenvalue weighted by atomic mass is 9.82. The van der Waals surface area contributed by atoms with Crippen LogP contribution in [-0.2, 0) is 0 Å². The summed E-state index contributed by atoms with van der Waals surface area (Å²) in [6.07, 6.45) is 6.54. The molecule has 2 rings (SSSR count). The van der Waals surface area contributed by atoms with Gasteiger partial charge >= 0.3 is 0 Å². The Morgan fingerprint density at radius 2 is 2.05 bits per heavy atom. The van der Waals surface area contributed by atoms with Gasteiger partial charge in [0, 0.05) is 32.3 Å². The van der Waals surface area contributed by atoms with Crippen LogP contribution in [0.15, 0.2) is 0 Å². The van der Waals surface area contributed by atoms with Gasteiger partial charge in [-0.15, -0.1) is 0 Å². The van der Waals surface area contributed by atoms with Crippen LogP contribution in [0.25, 0.3) is 0 Å². The molecule has 2 N–H and O–H groups in total. The number of aliphatic hydroxyl groups is 1. The minimum absolute atomic E-state index is 0.305. The predicted molar refractivity (Wildman–Crippen MR) is 80.2 cm³/mol. The summed E-state index contributed by atoms with van der Waals surface area (Å²) in [6, 6.07) is 0.632. The van der Waals surface area contributed by atoms with Crippen molar-refractivity contribution in [2.45, 2.75) is 52.0 Å². The summed E-state index contributed by atoms with van der Waals surface area (Å²) in [4.78, 5) is 2.70. The molecule has 2 atom stereocenters. The van der Waals surface area contributed by atoms with Gasteiger partial charge in [-0.3, -0.25) is 0 Å². The largest absolute Gasteiger partial charge is 0.396 e. The van der Waals surface area contributed by atoms with Gasteiger partial charge < -0.3 is 15.3 Å². The number of nitrogens with one attached hydrogen (secondary N) is 1. The molecule has 0 amide bonds. The fourth-order valence-electron chi connectivity index (χ4n) is 3.44. The van der Waals surface area contributed by atoms with Crippen molar-refractivity contribution in [1.82, 2.24) is 10.2 Å². The third-order valence-electron chi connectivity index (χ3n) is 5.01. The Labute approximate surface area is 118 Å². The molecule has 0 aromatic carbocycles. The zero-order valence-corrected chi connectivity index (χ0v) is 12.8. The van der Waals surface area contributed by atoms with E-state index in [0.717, 1.165) is 30.7 Å². The van der Waals surface area contributed by atoms with Crippen LogP contribution in [-0.4, -0.2) is 48.8 Å². The van der Waals surface area contributed by atoms with Gasteiger partial charge in [0.05, 0.1) is 0 Å². The maximum Gasteiger partial charge on any atom is 0.0443 e. The lowest BCUT2D eigenvalue weighted by molar-refractivity contribution is 0.0842. The molecule has 3 heteroatoms. The van der Waals surface area contributed by atoms with Gasteiger partial charge in [-0.1, -0.05) is 20.3 Å². The van der Waals surface area contributed by atoms with Crippen LogP contribution < -0.4 is 5.32 Å². The average molecular weight is 268 g/mol. The summed E-state index contributed by atoms with van der Waals surface area (Å²) in [5.74, 6) is 2.59. The van der Waals surface area contributed by atoms with E-state index in [9.17, 15) is 0 Å². The van der Waals surface area contributed by atoms with Crippen LogP contribution in [0.2, 0.25) is 0 Å². The van der Waals surface area contributed by atoms with Gasteiger partial charge in [-0.2, -0.15) is 0 Å². The molecule has 0 radical (unpaired) electrons. The lowest BCUT2D eigenvalue weighted by Gasteiger charge is -2.42. The minimum Gasteiger partial charge on any atom is -0.396 e. The van der Waals surface area contributed by atoms with Gasteiger partial charge in [0.25, 0.3) is 0 Å². The van der Waals surface area contributed by atoms with Crippen LogP contribution >= 0.6 is 0 Å². The van der Waals surface area contributed by atoms with Crippen molar-refractivity contribution in [3.8, 4) is 0 Å². The number of hydrogen-bond acceptors (Lipinski definition) is 3. The molecule has 0 bridgehead atoms. The molecule has 2 aliphatic rings. The maximum atomic E-state index is 8.90. The highest BCUT2D eigenvalue weighted by molar-refractivity contribution is 4.86. The average Bonchev–Trinajstić information content (AvgIpc) is 2.34. The van der Waals surface area contributed by atoms with Crippen molar-refractivity contribution < 1.29 is 5.11 Å². The van der Waals surface area contributed by atoms with Crippen molar-refractivity contribution in [1.29, 1.82) is 0 Å². The van der Waals surface area contributed by atoms with E-state index in [1.807, 2.05) is 0 Å². The SMILES string of the molecule is CC(C)C1CC(NCCCO)CN(CC2CCC2)C1. The number of rotatable bonds is 7. The normalized spacial score (nSPS) is 29.7. The topological polar surface area (TPSA) is 35.5 Å². The first-order valence-electron chi connectivity index (χ1n) is 8.25. The Kier molecular flexibility index (Phi) is 6.11. The smallest absolute Gasteiger partial charge is 0.0443 e. The highest BCUT2D eigenvalue weighted by Gasteiger charge is 2.30. The van der Waals surface area contributed by atoms with E-state index in [1.54, 1.807) is 0 Å². The van der Waals surface area contributed by atoms with Gasteiger partial charge in [-0.05, 0) is 50.0 Å². The fourth-order valence-corrected chi connectivity index (χ4v) is 3.44. The van der Waals surface area contributed by atoms with Crippen LogP contribution in [0.4, 0.5) is 0 Å². The Hall–Kier alpha value is -0.120. The van der Waals surface area contributed by atoms with Crippen LogP contribution in [0, 0.1) is 17.8 Å². The number of piperidine rings is 1. The van der Waals surface area contributed by atoms with E-state index in [1.165, 1.54) is 45.3 Å². The first-order chi connectivity index (χ1) is 9.19. The molecular weight excluding hydrogens is 236 g/mol. The van der Waals surface area contributed by atoms with E-state index in [-0.39, 0.29) is 0 Å². The van der Waals surface area contributed by atoms with Crippen molar-refractivity contribution in [2.24, 2.45) is 17.8 Å². The third-order valence-corrected chi connectivity index (χ3v) is 5.01. The van der Waals surface area contributed by atoms with Crippen LogP contribution in [0.5, 0.6) is 0 Å². The van der Waals surface area contributed by atoms with E-state index >= 15 is 0 Å². The minimum atomic E-state index is 0.305. The molecule has 1 aliphatic heterocycles. The Morgan fingerprint density at radius 1 is 1.26 bits per heavy atom. The molecule has 0 spiro atoms. The number of nitrogens with zero attached hydrogens (tertiary/aromatic N) is 1. The summed E-state index contributed by atoms with van der Waals surface area (Å²) in [6.45, 7) is 9.83. The molecule has 0 aromatic heterocycles. The van der Waals surface area contributed by atoms with Crippen molar-refractivity contribution in [3.63, 3.8) is 0 Å². The molecule has 1 saturated heterocycles. The van der Waals surface area contributed by atoms with Gasteiger partial charge in [-0.25, -0.2) is 0 Å². The zero-order chi connectivity index (χ0) is 13.7. The Bertz CT molecular complexity index is 253. The molecule has 19 heavy (non-hydrogen) atoms. The first-order valence-corrected chi connectivity index (χ1v) is 8.25. The highest BCUT2D eigenvalue weighted by Crippen LogP contribution is 2.30. The molecule has 1 heterocycles. The number of aliphatic hydroxyl groups excluding tert-OH is 1. The van der Waals surface area contributed by atoms with E-state index in [2.05, 4.69) is 24.1 Å². The third kappa shape index (κ3) is 4.73. The van der Waals surface area contributed by atoms with Crippen LogP contribution in [0.3, 0.4) is 0 Å². The molecule has 112 valence electrons. The second kappa shape index (κ2) is 7.61. The van der Waals surface area contributed by atoms with Gasteiger partial charge in [0.1, 0.15) is 0 Å². The summed E-state index contributed by atoms with van der Waals surface area (Å²) >= 11 is 0. The summed E-state index contributed by atoms with van der Waals surface area (Å²) in [7, 11) is 0. The predicted octanol–water partition coefficient (Wildman–Crippen LogP) is 2.10. The highest BCUT2D eigenvalue weighted by atomic mass is 16.3. The molecule has 2 fully saturated rings. The standard InChI is InChI=1S/C16H32N2O/c1-13(2)15-9-16(17-7-4-8-19)12-18(11-15)10-14-5-3-6-14/h13-17,19H,3-12H2,1-2H3. The summed E-state index contributed by atoms with van der Waals surface area (Å²) in [5, 5.41) is 12.5. The lowest BCUT2D eigenvalue weighted by Crippen LogP contribution is -2.52. The molecule has 2 unspecified atom stereocenters. The first kappa shape index (κ1) is 15.3. The Balaban J connectivity index is 1.80. The van der Waals surface area contributed by atoms with Crippen molar-refractivity contribution in [3.05, 3.63) is 0 Å². The van der Waals surface area contributed by atoms with Crippen molar-refractivity contribution in [2.75, 3.05) is 32.8 Å². The van der Waals surface area contributed by atoms with Gasteiger partial charge in [0.15, 0.2) is 0 Å². The molecular formula is C16H32N2O. The van der Waals surface area contributed by atoms with Crippen molar-refractivity contribution >= 4 is 0 Å². The molecule has 3 nitrogen and oxygen atoms in total. The fraction of sp³-hybridized carbons (Fsp3) is 1.00. The second-order valence-corrected chi connectivity index (χ2v) is 6.98. The quantitative estimate of drug-likeness (QED) is 0.694. The van der Waals surface area contributed by atoms with E-state index in [4.69, 9.17) is 5.11 Å². The van der Waals surface area contributed by atoms with E-state index < -0.39 is 0 Å². The molecule has 1 saturated carbocycles. The maximum absolute atomic E-state index is 8.90. The number of likely N-dealkylation sites (tertiary alicyclic amines) is 1. The zero-order valence-electron chi connectivity index (χ0n) is 12.8. The van der Waals surface area contributed by atoms with Gasteiger partial charge in [0.2, 0.25) is 0 Å². The molecule has 1 aliphatic carbocycles. The second-order valence-electron chi connectivity index (χ2n) is 6.98. The summed E-state index contributed by atoms with van der Waals surface area (Å²) < 4.78 is 0. The van der Waals surface area contributed by atoms with E-state index in [0.29, 0.717) is 12.6 Å². The Morgan fingerprint density at radius 3 is 2.63 bits per heavy atom. The number of hydrogen-bond donors (Lipinski definition) is 2. The molecule has 0 aromatic rings. The monoisotopic (exact) mass is 268 g/mol. The summed E-state index contributed by atoms with van der Waals surface area (Å²) in [5.41, 5.74) is 0.